The number of pyridine rings is 1. The third kappa shape index (κ3) is 5.30. The van der Waals surface area contributed by atoms with Crippen LogP contribution in [0.3, 0.4) is 0 Å². The number of carbonyl (C=O) groups is 1. The van der Waals surface area contributed by atoms with Crippen molar-refractivity contribution in [1.82, 2.24) is 15.2 Å². The lowest BCUT2D eigenvalue weighted by atomic mass is 10.0. The Labute approximate surface area is 155 Å². The number of likely N-dealkylation sites (tertiary alicyclic amines) is 1. The summed E-state index contributed by atoms with van der Waals surface area (Å²) < 4.78 is 5.35. The molecule has 1 unspecified atom stereocenters. The third-order valence-electron chi connectivity index (χ3n) is 4.81. The maximum Gasteiger partial charge on any atom is 0.220 e. The van der Waals surface area contributed by atoms with Gasteiger partial charge >= 0.3 is 0 Å². The van der Waals surface area contributed by atoms with Crippen molar-refractivity contribution in [3.8, 4) is 5.75 Å². The van der Waals surface area contributed by atoms with Crippen LogP contribution in [0.1, 0.15) is 30.4 Å². The molecule has 5 heteroatoms. The number of ether oxygens (including phenoxy) is 1. The van der Waals surface area contributed by atoms with Crippen LogP contribution in [0.5, 0.6) is 5.75 Å². The van der Waals surface area contributed by atoms with Gasteiger partial charge in [0.25, 0.3) is 0 Å². The molecule has 1 aromatic heterocycles. The van der Waals surface area contributed by atoms with Crippen molar-refractivity contribution in [3.05, 3.63) is 59.9 Å². The van der Waals surface area contributed by atoms with Gasteiger partial charge < -0.3 is 10.1 Å². The molecule has 2 aromatic rings. The van der Waals surface area contributed by atoms with Gasteiger partial charge in [0.1, 0.15) is 5.75 Å². The van der Waals surface area contributed by atoms with E-state index in [1.165, 1.54) is 5.56 Å². The van der Waals surface area contributed by atoms with Crippen molar-refractivity contribution in [1.29, 1.82) is 0 Å². The number of methoxy groups -OCH3 is 1. The highest BCUT2D eigenvalue weighted by Gasteiger charge is 2.21. The lowest BCUT2D eigenvalue weighted by Crippen LogP contribution is -2.47. The largest absolute Gasteiger partial charge is 0.496 e. The van der Waals surface area contributed by atoms with E-state index in [0.29, 0.717) is 12.8 Å². The summed E-state index contributed by atoms with van der Waals surface area (Å²) in [4.78, 5) is 18.9. The van der Waals surface area contributed by atoms with Crippen LogP contribution in [0, 0.1) is 0 Å². The molecule has 1 aromatic carbocycles. The average molecular weight is 353 g/mol. The van der Waals surface area contributed by atoms with Crippen LogP contribution in [-0.2, 0) is 17.8 Å². The first-order valence-electron chi connectivity index (χ1n) is 9.27. The van der Waals surface area contributed by atoms with Crippen molar-refractivity contribution >= 4 is 5.91 Å². The van der Waals surface area contributed by atoms with E-state index < -0.39 is 0 Å². The van der Waals surface area contributed by atoms with Crippen LogP contribution in [0.25, 0.3) is 0 Å². The molecule has 1 aliphatic rings. The molecule has 1 atom stereocenters. The Kier molecular flexibility index (Phi) is 6.61. The standard InChI is InChI=1S/C21H27N3O2/c1-26-20-9-3-2-7-18(20)10-11-21(25)23-19-8-5-13-24(16-19)15-17-6-4-12-22-14-17/h2-4,6-7,9,12,14,19H,5,8,10-11,13,15-16H2,1H3,(H,23,25). The fourth-order valence-electron chi connectivity index (χ4n) is 3.52. The molecular formula is C21H27N3O2. The lowest BCUT2D eigenvalue weighted by Gasteiger charge is -2.33. The minimum atomic E-state index is 0.115. The molecule has 1 fully saturated rings. The van der Waals surface area contributed by atoms with Gasteiger partial charge in [-0.2, -0.15) is 0 Å². The molecule has 26 heavy (non-hydrogen) atoms. The van der Waals surface area contributed by atoms with E-state index in [2.05, 4.69) is 21.3 Å². The molecule has 0 bridgehead atoms. The van der Waals surface area contributed by atoms with E-state index in [9.17, 15) is 4.79 Å². The van der Waals surface area contributed by atoms with Crippen LogP contribution in [0.4, 0.5) is 0 Å². The maximum absolute atomic E-state index is 12.4. The summed E-state index contributed by atoms with van der Waals surface area (Å²) in [5, 5.41) is 3.21. The summed E-state index contributed by atoms with van der Waals surface area (Å²) in [6, 6.07) is 12.2. The quantitative estimate of drug-likeness (QED) is 0.832. The molecule has 138 valence electrons. The Morgan fingerprint density at radius 2 is 2.19 bits per heavy atom. The monoisotopic (exact) mass is 353 g/mol. The number of para-hydroxylation sites is 1. The molecule has 1 amide bonds. The van der Waals surface area contributed by atoms with Gasteiger partial charge in [-0.25, -0.2) is 0 Å². The van der Waals surface area contributed by atoms with Crippen LogP contribution >= 0.6 is 0 Å². The van der Waals surface area contributed by atoms with E-state index in [1.807, 2.05) is 36.5 Å². The zero-order chi connectivity index (χ0) is 18.2. The summed E-state index contributed by atoms with van der Waals surface area (Å²) in [6.45, 7) is 2.86. The Balaban J connectivity index is 1.46. The van der Waals surface area contributed by atoms with Crippen molar-refractivity contribution in [2.45, 2.75) is 38.3 Å². The first-order valence-corrected chi connectivity index (χ1v) is 9.27. The predicted octanol–water partition coefficient (Wildman–Crippen LogP) is 2.80. The van der Waals surface area contributed by atoms with Crippen LogP contribution in [0.2, 0.25) is 0 Å². The zero-order valence-corrected chi connectivity index (χ0v) is 15.4. The van der Waals surface area contributed by atoms with Crippen molar-refractivity contribution in [2.24, 2.45) is 0 Å². The summed E-state index contributed by atoms with van der Waals surface area (Å²) in [7, 11) is 1.66. The second-order valence-corrected chi connectivity index (χ2v) is 6.81. The topological polar surface area (TPSA) is 54.5 Å². The summed E-state index contributed by atoms with van der Waals surface area (Å²) in [5.41, 5.74) is 2.29. The van der Waals surface area contributed by atoms with Crippen LogP contribution < -0.4 is 10.1 Å². The number of hydrogen-bond acceptors (Lipinski definition) is 4. The molecule has 5 nitrogen and oxygen atoms in total. The Morgan fingerprint density at radius 3 is 3.00 bits per heavy atom. The number of carbonyl (C=O) groups excluding carboxylic acids is 1. The van der Waals surface area contributed by atoms with Crippen LogP contribution in [0.15, 0.2) is 48.8 Å². The molecule has 1 N–H and O–H groups in total. The van der Waals surface area contributed by atoms with Gasteiger partial charge in [-0.15, -0.1) is 0 Å². The summed E-state index contributed by atoms with van der Waals surface area (Å²) in [5.74, 6) is 0.963. The van der Waals surface area contributed by atoms with Gasteiger partial charge in [-0.1, -0.05) is 24.3 Å². The SMILES string of the molecule is COc1ccccc1CCC(=O)NC1CCCN(Cc2cccnc2)C1. The van der Waals surface area contributed by atoms with Gasteiger partial charge in [0.15, 0.2) is 0 Å². The molecule has 0 aliphatic carbocycles. The van der Waals surface area contributed by atoms with Crippen molar-refractivity contribution < 1.29 is 9.53 Å². The van der Waals surface area contributed by atoms with Gasteiger partial charge in [0, 0.05) is 37.9 Å². The first-order chi connectivity index (χ1) is 12.7. The minimum absolute atomic E-state index is 0.115. The number of aryl methyl sites for hydroxylation is 1. The fraction of sp³-hybridized carbons (Fsp3) is 0.429. The molecule has 1 aliphatic heterocycles. The summed E-state index contributed by atoms with van der Waals surface area (Å²) in [6.07, 6.45) is 7.04. The number of benzene rings is 1. The molecule has 2 heterocycles. The van der Waals surface area contributed by atoms with Gasteiger partial charge in [-0.3, -0.25) is 14.7 Å². The Bertz CT molecular complexity index is 705. The van der Waals surface area contributed by atoms with E-state index >= 15 is 0 Å². The minimum Gasteiger partial charge on any atom is -0.496 e. The number of amides is 1. The highest BCUT2D eigenvalue weighted by atomic mass is 16.5. The van der Waals surface area contributed by atoms with Crippen LogP contribution in [-0.4, -0.2) is 42.0 Å². The van der Waals surface area contributed by atoms with Crippen molar-refractivity contribution in [3.63, 3.8) is 0 Å². The normalized spacial score (nSPS) is 17.7. The maximum atomic E-state index is 12.4. The third-order valence-corrected chi connectivity index (χ3v) is 4.81. The number of nitrogens with one attached hydrogen (secondary N) is 1. The Hall–Kier alpha value is -2.40. The van der Waals surface area contributed by atoms with Gasteiger partial charge in [-0.05, 0) is 49.1 Å². The van der Waals surface area contributed by atoms with Gasteiger partial charge in [0.2, 0.25) is 5.91 Å². The number of nitrogens with zero attached hydrogens (tertiary/aromatic N) is 2. The van der Waals surface area contributed by atoms with Crippen molar-refractivity contribution in [2.75, 3.05) is 20.2 Å². The highest BCUT2D eigenvalue weighted by molar-refractivity contribution is 5.76. The molecule has 0 saturated carbocycles. The van der Waals surface area contributed by atoms with E-state index in [0.717, 1.165) is 43.8 Å². The number of piperidine rings is 1. The van der Waals surface area contributed by atoms with Gasteiger partial charge in [0.05, 0.1) is 7.11 Å². The highest BCUT2D eigenvalue weighted by Crippen LogP contribution is 2.19. The zero-order valence-electron chi connectivity index (χ0n) is 15.4. The smallest absolute Gasteiger partial charge is 0.220 e. The average Bonchev–Trinajstić information content (AvgIpc) is 2.67. The first kappa shape index (κ1) is 18.4. The lowest BCUT2D eigenvalue weighted by molar-refractivity contribution is -0.122. The predicted molar refractivity (Wildman–Crippen MR) is 102 cm³/mol. The molecule has 1 saturated heterocycles. The molecule has 3 rings (SSSR count). The molecule has 0 radical (unpaired) electrons. The second kappa shape index (κ2) is 9.34. The van der Waals surface area contributed by atoms with E-state index in [1.54, 1.807) is 13.3 Å². The second-order valence-electron chi connectivity index (χ2n) is 6.81. The summed E-state index contributed by atoms with van der Waals surface area (Å²) >= 11 is 0. The number of rotatable bonds is 7. The number of aromatic nitrogens is 1. The fourth-order valence-corrected chi connectivity index (χ4v) is 3.52. The van der Waals surface area contributed by atoms with E-state index in [-0.39, 0.29) is 11.9 Å². The van der Waals surface area contributed by atoms with E-state index in [4.69, 9.17) is 4.74 Å². The molecule has 0 spiro atoms. The Morgan fingerprint density at radius 1 is 1.31 bits per heavy atom. The number of hydrogen-bond donors (Lipinski definition) is 1. The molecular weight excluding hydrogens is 326 g/mol.